The zero-order valence-corrected chi connectivity index (χ0v) is 17.5. The van der Waals surface area contributed by atoms with Gasteiger partial charge in [-0.25, -0.2) is 14.4 Å². The van der Waals surface area contributed by atoms with E-state index in [1.54, 1.807) is 18.2 Å². The first-order valence-corrected chi connectivity index (χ1v) is 9.79. The zero-order chi connectivity index (χ0) is 24.2. The molecule has 0 aliphatic heterocycles. The Labute approximate surface area is 188 Å². The molecular formula is C25H20O8. The number of hydrogen-bond donors (Lipinski definition) is 3. The summed E-state index contributed by atoms with van der Waals surface area (Å²) in [6.07, 6.45) is 0. The molecule has 0 bridgehead atoms. The normalized spacial score (nSPS) is 14.4. The number of Topliss-reactive ketones (excluding diaryl/α,β-unsaturated/α-hetero) is 1. The van der Waals surface area contributed by atoms with Gasteiger partial charge < -0.3 is 20.1 Å². The van der Waals surface area contributed by atoms with E-state index < -0.39 is 40.5 Å². The van der Waals surface area contributed by atoms with Crippen LogP contribution in [0.1, 0.15) is 31.8 Å². The largest absolute Gasteiger partial charge is 0.479 e. The lowest BCUT2D eigenvalue weighted by Gasteiger charge is -2.40. The standard InChI is InChI=1S/C25H20O8/c1-16-10-8-9-15-19(16)24(32,22(28)29)25(23(30)31,20(26)17-11-4-2-5-12-17)33-21(27)18-13-6-3-7-14-18/h2-15,32H,1H3,(H,28,29)(H,30,31). The smallest absolute Gasteiger partial charge is 0.360 e. The second-order valence-corrected chi connectivity index (χ2v) is 7.27. The second kappa shape index (κ2) is 9.05. The van der Waals surface area contributed by atoms with Crippen LogP contribution in [0.3, 0.4) is 0 Å². The molecular weight excluding hydrogens is 428 g/mol. The average molecular weight is 448 g/mol. The van der Waals surface area contributed by atoms with Crippen LogP contribution in [0.5, 0.6) is 0 Å². The molecule has 0 saturated carbocycles. The summed E-state index contributed by atoms with van der Waals surface area (Å²) in [5, 5.41) is 32.0. The van der Waals surface area contributed by atoms with Crippen LogP contribution in [0.15, 0.2) is 84.9 Å². The fourth-order valence-corrected chi connectivity index (χ4v) is 3.58. The van der Waals surface area contributed by atoms with Crippen molar-refractivity contribution in [3.63, 3.8) is 0 Å². The highest BCUT2D eigenvalue weighted by Crippen LogP contribution is 2.41. The van der Waals surface area contributed by atoms with E-state index in [1.165, 1.54) is 67.6 Å². The number of aliphatic hydroxyl groups is 1. The molecule has 3 N–H and O–H groups in total. The number of aliphatic carboxylic acids is 2. The Morgan fingerprint density at radius 1 is 0.697 bits per heavy atom. The van der Waals surface area contributed by atoms with Gasteiger partial charge in [0.05, 0.1) is 5.56 Å². The highest BCUT2D eigenvalue weighted by atomic mass is 16.6. The molecule has 0 fully saturated rings. The Morgan fingerprint density at radius 2 is 1.18 bits per heavy atom. The zero-order valence-electron chi connectivity index (χ0n) is 17.5. The van der Waals surface area contributed by atoms with Crippen molar-refractivity contribution in [2.24, 2.45) is 0 Å². The first-order valence-electron chi connectivity index (χ1n) is 9.79. The van der Waals surface area contributed by atoms with Gasteiger partial charge in [0.25, 0.3) is 0 Å². The highest BCUT2D eigenvalue weighted by molar-refractivity contribution is 6.20. The van der Waals surface area contributed by atoms with Crippen LogP contribution in [0.2, 0.25) is 0 Å². The maximum atomic E-state index is 13.6. The van der Waals surface area contributed by atoms with Crippen molar-refractivity contribution in [3.8, 4) is 0 Å². The summed E-state index contributed by atoms with van der Waals surface area (Å²) in [4.78, 5) is 51.8. The van der Waals surface area contributed by atoms with Gasteiger partial charge in [0.2, 0.25) is 11.4 Å². The molecule has 3 aromatic rings. The Bertz CT molecular complexity index is 1210. The number of carboxylic acid groups (broad SMARTS) is 2. The molecule has 0 aliphatic carbocycles. The van der Waals surface area contributed by atoms with Crippen LogP contribution in [-0.4, -0.2) is 44.6 Å². The summed E-state index contributed by atoms with van der Waals surface area (Å²) in [6.45, 7) is 1.43. The molecule has 0 saturated heterocycles. The van der Waals surface area contributed by atoms with E-state index in [0.717, 1.165) is 6.07 Å². The Morgan fingerprint density at radius 3 is 1.67 bits per heavy atom. The second-order valence-electron chi connectivity index (χ2n) is 7.27. The number of ketones is 1. The predicted octanol–water partition coefficient (Wildman–Crippen LogP) is 2.83. The molecule has 0 heterocycles. The topological polar surface area (TPSA) is 138 Å². The Hall–Kier alpha value is -4.30. The minimum absolute atomic E-state index is 0.137. The maximum absolute atomic E-state index is 13.6. The lowest BCUT2D eigenvalue weighted by molar-refractivity contribution is -0.199. The summed E-state index contributed by atoms with van der Waals surface area (Å²) >= 11 is 0. The summed E-state index contributed by atoms with van der Waals surface area (Å²) in [7, 11) is 0. The van der Waals surface area contributed by atoms with Crippen LogP contribution >= 0.6 is 0 Å². The molecule has 0 amide bonds. The lowest BCUT2D eigenvalue weighted by Crippen LogP contribution is -2.68. The number of carbonyl (C=O) groups is 4. The third-order valence-corrected chi connectivity index (χ3v) is 5.27. The first-order chi connectivity index (χ1) is 15.7. The van der Waals surface area contributed by atoms with Crippen molar-refractivity contribution in [2.75, 3.05) is 0 Å². The van der Waals surface area contributed by atoms with Crippen molar-refractivity contribution in [3.05, 3.63) is 107 Å². The molecule has 0 aromatic heterocycles. The molecule has 2 atom stereocenters. The van der Waals surface area contributed by atoms with E-state index in [-0.39, 0.29) is 16.7 Å². The van der Waals surface area contributed by atoms with Gasteiger partial charge in [-0.1, -0.05) is 72.8 Å². The Kier molecular flexibility index (Phi) is 6.41. The van der Waals surface area contributed by atoms with Gasteiger partial charge in [0.1, 0.15) is 0 Å². The SMILES string of the molecule is Cc1ccccc1C(O)(C(=O)O)C(OC(=O)c1ccccc1)(C(=O)O)C(=O)c1ccccc1. The highest BCUT2D eigenvalue weighted by Gasteiger charge is 2.70. The summed E-state index contributed by atoms with van der Waals surface area (Å²) in [6, 6.07) is 19.5. The number of ether oxygens (including phenoxy) is 1. The van der Waals surface area contributed by atoms with E-state index in [4.69, 9.17) is 4.74 Å². The molecule has 33 heavy (non-hydrogen) atoms. The number of aryl methyl sites for hydroxylation is 1. The molecule has 3 aromatic carbocycles. The number of hydrogen-bond acceptors (Lipinski definition) is 6. The third kappa shape index (κ3) is 3.88. The van der Waals surface area contributed by atoms with E-state index in [1.807, 2.05) is 0 Å². The van der Waals surface area contributed by atoms with Gasteiger partial charge in [-0.05, 0) is 24.6 Å². The molecule has 0 radical (unpaired) electrons. The van der Waals surface area contributed by atoms with Gasteiger partial charge in [-0.3, -0.25) is 4.79 Å². The van der Waals surface area contributed by atoms with Crippen molar-refractivity contribution in [1.29, 1.82) is 0 Å². The van der Waals surface area contributed by atoms with Crippen molar-refractivity contribution in [2.45, 2.75) is 18.1 Å². The monoisotopic (exact) mass is 448 g/mol. The maximum Gasteiger partial charge on any atom is 0.360 e. The predicted molar refractivity (Wildman–Crippen MR) is 116 cm³/mol. The first kappa shape index (κ1) is 23.4. The van der Waals surface area contributed by atoms with E-state index in [9.17, 15) is 34.5 Å². The average Bonchev–Trinajstić information content (AvgIpc) is 2.82. The number of benzene rings is 3. The van der Waals surface area contributed by atoms with E-state index >= 15 is 0 Å². The van der Waals surface area contributed by atoms with Crippen LogP contribution in [-0.2, 0) is 19.9 Å². The van der Waals surface area contributed by atoms with E-state index in [0.29, 0.717) is 0 Å². The number of carbonyl (C=O) groups excluding carboxylic acids is 2. The molecule has 2 unspecified atom stereocenters. The quantitative estimate of drug-likeness (QED) is 0.272. The molecule has 168 valence electrons. The molecule has 8 nitrogen and oxygen atoms in total. The molecule has 8 heteroatoms. The van der Waals surface area contributed by atoms with Gasteiger partial charge >= 0.3 is 23.5 Å². The lowest BCUT2D eigenvalue weighted by atomic mass is 9.71. The number of carboxylic acids is 2. The van der Waals surface area contributed by atoms with Gasteiger partial charge in [0.15, 0.2) is 0 Å². The third-order valence-electron chi connectivity index (χ3n) is 5.27. The Balaban J connectivity index is 2.36. The van der Waals surface area contributed by atoms with Crippen LogP contribution < -0.4 is 0 Å². The van der Waals surface area contributed by atoms with Crippen molar-refractivity contribution in [1.82, 2.24) is 0 Å². The van der Waals surface area contributed by atoms with Crippen LogP contribution in [0.4, 0.5) is 0 Å². The number of esters is 1. The fourth-order valence-electron chi connectivity index (χ4n) is 3.58. The summed E-state index contributed by atoms with van der Waals surface area (Å²) < 4.78 is 5.22. The number of rotatable bonds is 8. The minimum atomic E-state index is -3.56. The van der Waals surface area contributed by atoms with Crippen LogP contribution in [0, 0.1) is 6.92 Å². The minimum Gasteiger partial charge on any atom is -0.479 e. The van der Waals surface area contributed by atoms with Crippen molar-refractivity contribution < 1.29 is 39.2 Å². The molecule has 0 aliphatic rings. The summed E-state index contributed by atoms with van der Waals surface area (Å²) in [5.41, 5.74) is -7.67. The fraction of sp³-hybridized carbons (Fsp3) is 0.120. The van der Waals surface area contributed by atoms with Gasteiger partial charge in [-0.15, -0.1) is 0 Å². The molecule has 0 spiro atoms. The van der Waals surface area contributed by atoms with Gasteiger partial charge in [0, 0.05) is 11.1 Å². The van der Waals surface area contributed by atoms with Crippen molar-refractivity contribution >= 4 is 23.7 Å². The van der Waals surface area contributed by atoms with E-state index in [2.05, 4.69) is 0 Å². The van der Waals surface area contributed by atoms with Gasteiger partial charge in [-0.2, -0.15) is 0 Å². The summed E-state index contributed by atoms with van der Waals surface area (Å²) in [5.74, 6) is -6.93. The molecule has 3 rings (SSSR count). The van der Waals surface area contributed by atoms with Crippen LogP contribution in [0.25, 0.3) is 0 Å².